The van der Waals surface area contributed by atoms with Gasteiger partial charge in [0.1, 0.15) is 0 Å². The molecule has 0 amide bonds. The Balaban J connectivity index is 0.000000797. The van der Waals surface area contributed by atoms with Crippen molar-refractivity contribution in [3.63, 3.8) is 0 Å². The van der Waals surface area contributed by atoms with Gasteiger partial charge in [-0.3, -0.25) is 4.52 Å². The Hall–Kier alpha value is -0.670. The van der Waals surface area contributed by atoms with Gasteiger partial charge in [0.2, 0.25) is 0 Å². The van der Waals surface area contributed by atoms with Crippen molar-refractivity contribution < 1.29 is 18.9 Å². The van der Waals surface area contributed by atoms with Gasteiger partial charge in [0, 0.05) is 0 Å². The van der Waals surface area contributed by atoms with Gasteiger partial charge in [-0.1, -0.05) is 120 Å². The predicted octanol–water partition coefficient (Wildman–Crippen LogP) is 7.18. The first-order chi connectivity index (χ1) is 13.0. The fraction of sp³-hybridized carbons (Fsp3) is 0.727. The van der Waals surface area contributed by atoms with Gasteiger partial charge < -0.3 is 9.79 Å². The molecule has 0 atom stereocenters. The number of aryl methyl sites for hydroxylation is 1. The summed E-state index contributed by atoms with van der Waals surface area (Å²) in [4.78, 5) is 17.0. The molecule has 0 radical (unpaired) electrons. The van der Waals surface area contributed by atoms with Gasteiger partial charge in [0.05, 0.1) is 6.61 Å². The van der Waals surface area contributed by atoms with Crippen LogP contribution in [0.15, 0.2) is 30.3 Å². The largest absolute Gasteiger partial charge is 0.469 e. The van der Waals surface area contributed by atoms with Gasteiger partial charge in [-0.15, -0.1) is 0 Å². The van der Waals surface area contributed by atoms with Crippen LogP contribution in [-0.2, 0) is 9.09 Å². The molecule has 0 aliphatic carbocycles. The van der Waals surface area contributed by atoms with Crippen LogP contribution >= 0.6 is 7.82 Å². The summed E-state index contributed by atoms with van der Waals surface area (Å²) in [5.41, 5.74) is 1.32. The monoisotopic (exact) mass is 400 g/mol. The van der Waals surface area contributed by atoms with Crippen molar-refractivity contribution in [2.75, 3.05) is 6.61 Å². The van der Waals surface area contributed by atoms with Crippen LogP contribution in [-0.4, -0.2) is 16.4 Å². The second kappa shape index (κ2) is 18.7. The van der Waals surface area contributed by atoms with Gasteiger partial charge in [-0.2, -0.15) is 0 Å². The molecule has 0 saturated heterocycles. The number of hydrogen-bond donors (Lipinski definition) is 2. The molecular formula is C22H41O4P. The molecule has 0 aromatic heterocycles. The van der Waals surface area contributed by atoms with Gasteiger partial charge in [0.15, 0.2) is 0 Å². The summed E-state index contributed by atoms with van der Waals surface area (Å²) < 4.78 is 14.8. The maximum atomic E-state index is 10.4. The van der Waals surface area contributed by atoms with Crippen molar-refractivity contribution in [2.45, 2.75) is 97.3 Å². The van der Waals surface area contributed by atoms with E-state index in [0.717, 1.165) is 19.3 Å². The van der Waals surface area contributed by atoms with Crippen LogP contribution in [0.25, 0.3) is 0 Å². The Morgan fingerprint density at radius 1 is 0.741 bits per heavy atom. The summed E-state index contributed by atoms with van der Waals surface area (Å²) >= 11 is 0. The molecule has 1 aromatic carbocycles. The van der Waals surface area contributed by atoms with E-state index in [1.54, 1.807) is 0 Å². The molecule has 0 unspecified atom stereocenters. The molecular weight excluding hydrogens is 359 g/mol. The molecule has 2 N–H and O–H groups in total. The van der Waals surface area contributed by atoms with Crippen molar-refractivity contribution in [3.05, 3.63) is 35.9 Å². The van der Waals surface area contributed by atoms with Gasteiger partial charge in [-0.05, 0) is 13.3 Å². The molecule has 1 aromatic rings. The predicted molar refractivity (Wildman–Crippen MR) is 115 cm³/mol. The number of unbranched alkanes of at least 4 members (excludes halogenated alkanes) is 12. The van der Waals surface area contributed by atoms with Crippen molar-refractivity contribution >= 4 is 7.82 Å². The summed E-state index contributed by atoms with van der Waals surface area (Å²) in [7, 11) is -4.25. The summed E-state index contributed by atoms with van der Waals surface area (Å²) in [6.07, 6.45) is 16.3. The molecule has 1 rings (SSSR count). The molecule has 158 valence electrons. The first kappa shape index (κ1) is 26.3. The van der Waals surface area contributed by atoms with E-state index in [4.69, 9.17) is 9.79 Å². The first-order valence-corrected chi connectivity index (χ1v) is 12.2. The number of rotatable bonds is 15. The van der Waals surface area contributed by atoms with E-state index < -0.39 is 7.82 Å². The molecule has 0 fully saturated rings. The van der Waals surface area contributed by atoms with E-state index >= 15 is 0 Å². The summed E-state index contributed by atoms with van der Waals surface area (Å²) in [5, 5.41) is 0. The zero-order valence-corrected chi connectivity index (χ0v) is 18.3. The van der Waals surface area contributed by atoms with Crippen molar-refractivity contribution in [3.8, 4) is 0 Å². The maximum Gasteiger partial charge on any atom is 0.469 e. The third kappa shape index (κ3) is 23.3. The maximum absolute atomic E-state index is 10.4. The number of phosphoric ester groups is 1. The number of benzene rings is 1. The van der Waals surface area contributed by atoms with E-state index in [9.17, 15) is 4.57 Å². The van der Waals surface area contributed by atoms with E-state index in [1.165, 1.54) is 69.8 Å². The molecule has 0 heterocycles. The van der Waals surface area contributed by atoms with Crippen LogP contribution in [0.5, 0.6) is 0 Å². The summed E-state index contributed by atoms with van der Waals surface area (Å²) in [6.45, 7) is 4.50. The van der Waals surface area contributed by atoms with Gasteiger partial charge in [-0.25, -0.2) is 4.57 Å². The van der Waals surface area contributed by atoms with E-state index in [1.807, 2.05) is 18.2 Å². The van der Waals surface area contributed by atoms with Crippen LogP contribution in [0, 0.1) is 6.92 Å². The third-order valence-corrected chi connectivity index (χ3v) is 4.97. The highest BCUT2D eigenvalue weighted by Gasteiger charge is 2.12. The Labute approximate surface area is 167 Å². The van der Waals surface area contributed by atoms with E-state index in [2.05, 4.69) is 30.5 Å². The lowest BCUT2D eigenvalue weighted by Gasteiger charge is -2.05. The fourth-order valence-corrected chi connectivity index (χ4v) is 3.20. The fourth-order valence-electron chi connectivity index (χ4n) is 2.84. The Bertz CT molecular complexity index is 459. The molecule has 5 heteroatoms. The average Bonchev–Trinajstić information content (AvgIpc) is 2.62. The topological polar surface area (TPSA) is 66.8 Å². The molecule has 4 nitrogen and oxygen atoms in total. The Morgan fingerprint density at radius 3 is 1.48 bits per heavy atom. The molecule has 0 bridgehead atoms. The highest BCUT2D eigenvalue weighted by Crippen LogP contribution is 2.35. The average molecular weight is 401 g/mol. The summed E-state index contributed by atoms with van der Waals surface area (Å²) in [6, 6.07) is 10.3. The Kier molecular flexibility index (Phi) is 18.2. The minimum absolute atomic E-state index is 0.169. The Morgan fingerprint density at radius 2 is 1.15 bits per heavy atom. The van der Waals surface area contributed by atoms with Crippen molar-refractivity contribution in [1.82, 2.24) is 0 Å². The molecule has 27 heavy (non-hydrogen) atoms. The number of hydrogen-bond acceptors (Lipinski definition) is 2. The molecule has 0 aliphatic heterocycles. The first-order valence-electron chi connectivity index (χ1n) is 10.7. The molecule has 0 aliphatic rings. The van der Waals surface area contributed by atoms with Crippen molar-refractivity contribution in [1.29, 1.82) is 0 Å². The van der Waals surface area contributed by atoms with Crippen LogP contribution < -0.4 is 0 Å². The van der Waals surface area contributed by atoms with Crippen molar-refractivity contribution in [2.24, 2.45) is 0 Å². The lowest BCUT2D eigenvalue weighted by Crippen LogP contribution is -1.92. The minimum Gasteiger partial charge on any atom is -0.303 e. The van der Waals surface area contributed by atoms with Crippen LogP contribution in [0.4, 0.5) is 0 Å². The summed E-state index contributed by atoms with van der Waals surface area (Å²) in [5.74, 6) is 0. The quantitative estimate of drug-likeness (QED) is 0.242. The van der Waals surface area contributed by atoms with Gasteiger partial charge >= 0.3 is 7.82 Å². The lowest BCUT2D eigenvalue weighted by atomic mass is 10.0. The highest BCUT2D eigenvalue weighted by molar-refractivity contribution is 7.46. The van der Waals surface area contributed by atoms with Gasteiger partial charge in [0.25, 0.3) is 0 Å². The normalized spacial score (nSPS) is 11.1. The van der Waals surface area contributed by atoms with Crippen LogP contribution in [0.2, 0.25) is 0 Å². The minimum atomic E-state index is -4.25. The number of phosphoric acid groups is 1. The molecule has 0 spiro atoms. The van der Waals surface area contributed by atoms with E-state index in [-0.39, 0.29) is 6.61 Å². The smallest absolute Gasteiger partial charge is 0.303 e. The zero-order valence-electron chi connectivity index (χ0n) is 17.4. The highest BCUT2D eigenvalue weighted by atomic mass is 31.2. The molecule has 0 saturated carbocycles. The second-order valence-corrected chi connectivity index (χ2v) is 8.46. The second-order valence-electron chi connectivity index (χ2n) is 7.22. The van der Waals surface area contributed by atoms with E-state index in [0.29, 0.717) is 0 Å². The van der Waals surface area contributed by atoms with Crippen LogP contribution in [0.1, 0.15) is 96.0 Å². The zero-order chi connectivity index (χ0) is 20.2. The SMILES string of the molecule is CCCCCCCCCCCCCCCOP(=O)(O)O.Cc1ccccc1. The lowest BCUT2D eigenvalue weighted by molar-refractivity contribution is 0.193. The third-order valence-electron chi connectivity index (χ3n) is 4.45. The van der Waals surface area contributed by atoms with Crippen LogP contribution in [0.3, 0.4) is 0 Å². The standard InChI is InChI=1S/C15H33O4P.C7H8/c1-2-3-4-5-6-7-8-9-10-11-12-13-14-15-19-20(16,17)18;1-7-5-3-2-4-6-7/h2-15H2,1H3,(H2,16,17,18);2-6H,1H3.